The number of aromatic nitrogens is 2. The molecule has 24 heavy (non-hydrogen) atoms. The van der Waals surface area contributed by atoms with Crippen molar-refractivity contribution in [2.45, 2.75) is 6.18 Å². The van der Waals surface area contributed by atoms with Crippen molar-refractivity contribution in [2.75, 3.05) is 5.32 Å². The molecule has 5 nitrogen and oxygen atoms in total. The highest BCUT2D eigenvalue weighted by atomic mass is 19.4. The van der Waals surface area contributed by atoms with Crippen LogP contribution in [0.5, 0.6) is 0 Å². The van der Waals surface area contributed by atoms with E-state index in [1.807, 2.05) is 0 Å². The Morgan fingerprint density at radius 1 is 1.04 bits per heavy atom. The Morgan fingerprint density at radius 3 is 2.54 bits per heavy atom. The number of halogens is 3. The molecule has 0 radical (unpaired) electrons. The molecule has 0 fully saturated rings. The van der Waals surface area contributed by atoms with E-state index in [-0.39, 0.29) is 11.4 Å². The lowest BCUT2D eigenvalue weighted by atomic mass is 10.1. The number of H-pyrrole nitrogens is 1. The van der Waals surface area contributed by atoms with Gasteiger partial charge < -0.3 is 10.3 Å². The third kappa shape index (κ3) is 2.98. The number of hydrogen-bond donors (Lipinski definition) is 2. The van der Waals surface area contributed by atoms with Crippen LogP contribution in [0, 0.1) is 0 Å². The molecule has 0 spiro atoms. The van der Waals surface area contributed by atoms with Gasteiger partial charge >= 0.3 is 6.18 Å². The molecule has 0 saturated carbocycles. The third-order valence-electron chi connectivity index (χ3n) is 3.32. The number of carbonyl (C=O) groups is 2. The van der Waals surface area contributed by atoms with Gasteiger partial charge in [0.05, 0.1) is 5.56 Å². The normalized spacial score (nSPS) is 11.5. The van der Waals surface area contributed by atoms with Gasteiger partial charge in [-0.05, 0) is 18.2 Å². The second kappa shape index (κ2) is 5.80. The molecule has 1 aromatic carbocycles. The minimum absolute atomic E-state index is 0.134. The van der Waals surface area contributed by atoms with Crippen molar-refractivity contribution in [1.82, 2.24) is 9.97 Å². The zero-order valence-electron chi connectivity index (χ0n) is 12.0. The molecule has 2 heterocycles. The van der Waals surface area contributed by atoms with Crippen molar-refractivity contribution in [2.24, 2.45) is 0 Å². The molecule has 2 aromatic heterocycles. The first-order chi connectivity index (χ1) is 11.4. The smallest absolute Gasteiger partial charge is 0.360 e. The lowest BCUT2D eigenvalue weighted by Crippen LogP contribution is -2.23. The first-order valence-electron chi connectivity index (χ1n) is 6.82. The highest BCUT2D eigenvalue weighted by Gasteiger charge is 2.32. The molecular formula is C16H10F3N3O2. The van der Waals surface area contributed by atoms with E-state index in [0.717, 1.165) is 12.1 Å². The van der Waals surface area contributed by atoms with Gasteiger partial charge in [0, 0.05) is 17.1 Å². The van der Waals surface area contributed by atoms with Gasteiger partial charge in [-0.25, -0.2) is 4.98 Å². The van der Waals surface area contributed by atoms with E-state index in [0.29, 0.717) is 10.9 Å². The maximum Gasteiger partial charge on any atom is 0.433 e. The molecular weight excluding hydrogens is 323 g/mol. The van der Waals surface area contributed by atoms with Gasteiger partial charge in [0.1, 0.15) is 11.5 Å². The molecule has 122 valence electrons. The number of nitrogens with zero attached hydrogens (tertiary/aromatic N) is 1. The maximum absolute atomic E-state index is 12.6. The quantitative estimate of drug-likeness (QED) is 0.570. The van der Waals surface area contributed by atoms with Crippen LogP contribution in [0.25, 0.3) is 10.9 Å². The van der Waals surface area contributed by atoms with Gasteiger partial charge in [0.25, 0.3) is 11.7 Å². The second-order valence-corrected chi connectivity index (χ2v) is 4.94. The molecule has 8 heteroatoms. The van der Waals surface area contributed by atoms with Crippen molar-refractivity contribution >= 4 is 28.4 Å². The highest BCUT2D eigenvalue weighted by molar-refractivity contribution is 6.48. The lowest BCUT2D eigenvalue weighted by molar-refractivity contribution is -0.141. The highest BCUT2D eigenvalue weighted by Crippen LogP contribution is 2.28. The molecule has 0 saturated heterocycles. The predicted molar refractivity (Wildman–Crippen MR) is 80.5 cm³/mol. The summed E-state index contributed by atoms with van der Waals surface area (Å²) >= 11 is 0. The van der Waals surface area contributed by atoms with E-state index in [1.165, 1.54) is 12.3 Å². The molecule has 1 amide bonds. The zero-order chi connectivity index (χ0) is 17.3. The van der Waals surface area contributed by atoms with E-state index < -0.39 is 23.6 Å². The van der Waals surface area contributed by atoms with Crippen molar-refractivity contribution in [3.63, 3.8) is 0 Å². The van der Waals surface area contributed by atoms with Crippen LogP contribution in [0.1, 0.15) is 16.1 Å². The molecule has 2 N–H and O–H groups in total. The van der Waals surface area contributed by atoms with Gasteiger partial charge in [-0.2, -0.15) is 13.2 Å². The number of anilines is 1. The van der Waals surface area contributed by atoms with Crippen molar-refractivity contribution in [1.29, 1.82) is 0 Å². The number of alkyl halides is 3. The number of carbonyl (C=O) groups excluding carboxylic acids is 2. The van der Waals surface area contributed by atoms with E-state index in [4.69, 9.17) is 0 Å². The van der Waals surface area contributed by atoms with Crippen LogP contribution in [0.3, 0.4) is 0 Å². The Bertz CT molecular complexity index is 931. The number of rotatable bonds is 3. The van der Waals surface area contributed by atoms with Crippen LogP contribution in [0.4, 0.5) is 19.0 Å². The van der Waals surface area contributed by atoms with Crippen LogP contribution in [0.15, 0.2) is 48.7 Å². The number of benzene rings is 1. The minimum Gasteiger partial charge on any atom is -0.360 e. The summed E-state index contributed by atoms with van der Waals surface area (Å²) in [5, 5.41) is 2.64. The number of aromatic amines is 1. The number of para-hydroxylation sites is 1. The molecule has 0 aliphatic heterocycles. The SMILES string of the molecule is O=C(Nc1cccc(C(F)(F)F)n1)C(=O)c1c[nH]c2ccccc12. The van der Waals surface area contributed by atoms with Gasteiger partial charge in [0.2, 0.25) is 0 Å². The van der Waals surface area contributed by atoms with Crippen LogP contribution >= 0.6 is 0 Å². The number of amides is 1. The first kappa shape index (κ1) is 15.7. The lowest BCUT2D eigenvalue weighted by Gasteiger charge is -2.08. The van der Waals surface area contributed by atoms with Crippen molar-refractivity contribution < 1.29 is 22.8 Å². The van der Waals surface area contributed by atoms with Crippen molar-refractivity contribution in [3.05, 3.63) is 59.9 Å². The van der Waals surface area contributed by atoms with Crippen LogP contribution in [0.2, 0.25) is 0 Å². The fourth-order valence-electron chi connectivity index (χ4n) is 2.22. The third-order valence-corrected chi connectivity index (χ3v) is 3.32. The Hall–Kier alpha value is -3.16. The summed E-state index contributed by atoms with van der Waals surface area (Å²) in [6.45, 7) is 0. The molecule has 3 rings (SSSR count). The summed E-state index contributed by atoms with van der Waals surface area (Å²) in [6.07, 6.45) is -3.26. The van der Waals surface area contributed by atoms with Crippen LogP contribution < -0.4 is 5.32 Å². The monoisotopic (exact) mass is 333 g/mol. The molecule has 0 aliphatic carbocycles. The number of fused-ring (bicyclic) bond motifs is 1. The number of pyridine rings is 1. The van der Waals surface area contributed by atoms with Gasteiger partial charge in [-0.15, -0.1) is 0 Å². The fourth-order valence-corrected chi connectivity index (χ4v) is 2.22. The Balaban J connectivity index is 1.84. The zero-order valence-corrected chi connectivity index (χ0v) is 12.0. The minimum atomic E-state index is -4.64. The van der Waals surface area contributed by atoms with E-state index in [1.54, 1.807) is 24.3 Å². The summed E-state index contributed by atoms with van der Waals surface area (Å²) < 4.78 is 37.8. The summed E-state index contributed by atoms with van der Waals surface area (Å²) in [5.41, 5.74) is -0.347. The van der Waals surface area contributed by atoms with Crippen LogP contribution in [-0.4, -0.2) is 21.7 Å². The van der Waals surface area contributed by atoms with Gasteiger partial charge in [-0.1, -0.05) is 24.3 Å². The number of ketones is 1. The summed E-state index contributed by atoms with van der Waals surface area (Å²) in [6, 6.07) is 9.92. The van der Waals surface area contributed by atoms with Crippen LogP contribution in [-0.2, 0) is 11.0 Å². The largest absolute Gasteiger partial charge is 0.433 e. The van der Waals surface area contributed by atoms with E-state index in [2.05, 4.69) is 15.3 Å². The topological polar surface area (TPSA) is 74.8 Å². The summed E-state index contributed by atoms with van der Waals surface area (Å²) in [5.74, 6) is -2.28. The van der Waals surface area contributed by atoms with E-state index in [9.17, 15) is 22.8 Å². The average molecular weight is 333 g/mol. The Morgan fingerprint density at radius 2 is 1.79 bits per heavy atom. The number of hydrogen-bond acceptors (Lipinski definition) is 3. The van der Waals surface area contributed by atoms with Gasteiger partial charge in [-0.3, -0.25) is 9.59 Å². The second-order valence-electron chi connectivity index (χ2n) is 4.94. The molecule has 0 aliphatic rings. The van der Waals surface area contributed by atoms with Gasteiger partial charge in [0.15, 0.2) is 0 Å². The summed E-state index contributed by atoms with van der Waals surface area (Å²) in [7, 11) is 0. The first-order valence-corrected chi connectivity index (χ1v) is 6.82. The molecule has 0 unspecified atom stereocenters. The average Bonchev–Trinajstić information content (AvgIpc) is 2.97. The number of Topliss-reactive ketones (excluding diaryl/α,β-unsaturated/α-hetero) is 1. The van der Waals surface area contributed by atoms with Crippen molar-refractivity contribution in [3.8, 4) is 0 Å². The molecule has 3 aromatic rings. The van der Waals surface area contributed by atoms with E-state index >= 15 is 0 Å². The Labute approximate surface area is 133 Å². The molecule has 0 atom stereocenters. The summed E-state index contributed by atoms with van der Waals surface area (Å²) in [4.78, 5) is 30.4. The number of nitrogens with one attached hydrogen (secondary N) is 2. The maximum atomic E-state index is 12.6. The molecule has 0 bridgehead atoms. The standard InChI is InChI=1S/C16H10F3N3O2/c17-16(18,19)12-6-3-7-13(21-12)22-15(24)14(23)10-8-20-11-5-2-1-4-9(10)11/h1-8,20H,(H,21,22,24). The Kier molecular flexibility index (Phi) is 3.80. The predicted octanol–water partition coefficient (Wildman–Crippen LogP) is 3.40. The fraction of sp³-hybridized carbons (Fsp3) is 0.0625.